The zero-order valence-corrected chi connectivity index (χ0v) is 32.9. The molecular weight excluding hydrogens is 729 g/mol. The molecule has 1 aliphatic heterocycles. The molecule has 7 rings (SSSR count). The van der Waals surface area contributed by atoms with Crippen molar-refractivity contribution in [2.45, 2.75) is 60.0 Å². The fourth-order valence-electron chi connectivity index (χ4n) is 8.08. The normalized spacial score (nSPS) is 14.4. The van der Waals surface area contributed by atoms with Gasteiger partial charge in [0, 0.05) is 78.2 Å². The molecule has 0 aliphatic carbocycles. The van der Waals surface area contributed by atoms with E-state index >= 15 is 4.79 Å². The Labute approximate surface area is 323 Å². The van der Waals surface area contributed by atoms with Gasteiger partial charge in [-0.2, -0.15) is 5.10 Å². The van der Waals surface area contributed by atoms with E-state index in [1.54, 1.807) is 16.6 Å². The summed E-state index contributed by atoms with van der Waals surface area (Å²) < 4.78 is 17.3. The number of hydrogen-bond acceptors (Lipinski definition) is 6. The Hall–Kier alpha value is -4.97. The number of carboxylic acids is 1. The van der Waals surface area contributed by atoms with Gasteiger partial charge in [-0.1, -0.05) is 29.3 Å². The van der Waals surface area contributed by atoms with E-state index in [2.05, 4.69) is 11.5 Å². The van der Waals surface area contributed by atoms with E-state index < -0.39 is 5.97 Å². The summed E-state index contributed by atoms with van der Waals surface area (Å²) in [6.07, 6.45) is 2.66. The molecule has 0 unspecified atom stereocenters. The summed E-state index contributed by atoms with van der Waals surface area (Å²) in [6.45, 7) is 11.2. The van der Waals surface area contributed by atoms with Crippen LogP contribution in [0.1, 0.15) is 68.3 Å². The van der Waals surface area contributed by atoms with Crippen LogP contribution >= 0.6 is 23.2 Å². The van der Waals surface area contributed by atoms with Gasteiger partial charge in [0.25, 0.3) is 5.91 Å². The van der Waals surface area contributed by atoms with Crippen molar-refractivity contribution in [2.75, 3.05) is 31.8 Å². The lowest BCUT2D eigenvalue weighted by Crippen LogP contribution is -2.43. The van der Waals surface area contributed by atoms with Gasteiger partial charge in [0.15, 0.2) is 0 Å². The summed E-state index contributed by atoms with van der Waals surface area (Å²) in [4.78, 5) is 29.2. The van der Waals surface area contributed by atoms with Gasteiger partial charge >= 0.3 is 5.97 Å². The Morgan fingerprint density at radius 1 is 1.00 bits per heavy atom. The van der Waals surface area contributed by atoms with Crippen molar-refractivity contribution in [3.05, 3.63) is 92.0 Å². The number of rotatable bonds is 11. The highest BCUT2D eigenvalue weighted by Crippen LogP contribution is 2.46. The minimum absolute atomic E-state index is 0.0260. The first kappa shape index (κ1) is 37.3. The lowest BCUT2D eigenvalue weighted by molar-refractivity contribution is 0.0698. The van der Waals surface area contributed by atoms with Crippen molar-refractivity contribution >= 4 is 62.6 Å². The van der Waals surface area contributed by atoms with Gasteiger partial charge < -0.3 is 33.7 Å². The molecule has 3 aromatic carbocycles. The molecule has 11 nitrogen and oxygen atoms in total. The number of phenolic OH excluding ortho intramolecular Hbond substituents is 1. The highest BCUT2D eigenvalue weighted by atomic mass is 35.5. The number of carbonyl (C=O) groups excluding carboxylic acids is 1. The number of methoxy groups -OCH3 is 1. The monoisotopic (exact) mass is 771 g/mol. The maximum atomic E-state index is 15.2. The van der Waals surface area contributed by atoms with Crippen molar-refractivity contribution in [1.29, 1.82) is 0 Å². The van der Waals surface area contributed by atoms with Crippen LogP contribution in [0.25, 0.3) is 32.9 Å². The van der Waals surface area contributed by atoms with E-state index in [0.717, 1.165) is 55.9 Å². The molecule has 54 heavy (non-hydrogen) atoms. The number of ether oxygens (including phenoxy) is 2. The average Bonchev–Trinajstić information content (AvgIpc) is 3.74. The van der Waals surface area contributed by atoms with E-state index in [1.165, 1.54) is 18.3 Å². The number of benzene rings is 3. The van der Waals surface area contributed by atoms with E-state index in [9.17, 15) is 15.0 Å². The van der Waals surface area contributed by atoms with Crippen LogP contribution in [0.15, 0.2) is 42.6 Å². The van der Waals surface area contributed by atoms with E-state index in [-0.39, 0.29) is 29.8 Å². The summed E-state index contributed by atoms with van der Waals surface area (Å²) >= 11 is 13.5. The van der Waals surface area contributed by atoms with Crippen molar-refractivity contribution in [3.8, 4) is 22.6 Å². The minimum atomic E-state index is -1.13. The number of aromatic nitrogens is 4. The first-order valence-electron chi connectivity index (χ1n) is 17.9. The average molecular weight is 773 g/mol. The zero-order chi connectivity index (χ0) is 38.7. The lowest BCUT2D eigenvalue weighted by atomic mass is 9.98. The van der Waals surface area contributed by atoms with Gasteiger partial charge in [0.05, 0.1) is 46.2 Å². The van der Waals surface area contributed by atoms with Gasteiger partial charge in [-0.3, -0.25) is 9.48 Å². The molecule has 0 bridgehead atoms. The highest BCUT2D eigenvalue weighted by molar-refractivity contribution is 6.35. The topological polar surface area (TPSA) is 124 Å². The molecule has 4 heterocycles. The number of halogens is 2. The van der Waals surface area contributed by atoms with Crippen LogP contribution in [0.2, 0.25) is 10.0 Å². The Kier molecular flexibility index (Phi) is 9.93. The van der Waals surface area contributed by atoms with Crippen LogP contribution in [0.5, 0.6) is 11.5 Å². The Bertz CT molecular complexity index is 2470. The second kappa shape index (κ2) is 14.4. The number of carboxylic acid groups (broad SMARTS) is 1. The summed E-state index contributed by atoms with van der Waals surface area (Å²) in [6, 6.07) is 10.4. The number of aromatic carboxylic acids is 1. The molecule has 1 atom stereocenters. The molecule has 0 fully saturated rings. The van der Waals surface area contributed by atoms with Crippen LogP contribution in [-0.2, 0) is 24.8 Å². The molecule has 6 aromatic rings. The molecule has 0 spiro atoms. The number of aromatic hydroxyl groups is 1. The van der Waals surface area contributed by atoms with Crippen molar-refractivity contribution in [2.24, 2.45) is 7.05 Å². The zero-order valence-electron chi connectivity index (χ0n) is 31.4. The molecule has 0 saturated carbocycles. The standard InChI is InChI=1S/C41H43Cl2N5O6/c1-21-15-27(16-22(2)36(21)43)54-13-8-9-28-29-10-11-32(42)35(34-24(4)44-45(6)25(34)5)38(29)48-23(3)19-47(40(50)39(28)48)33-18-26(49)17-30-31(41(51)52)20-46(37(30)33)12-14-53-7/h10-11,15-18,20,23,49H,8-9,12-14,19H2,1-7H3,(H,51,52)/t23-/m1/s1. The molecule has 1 aliphatic rings. The number of nitrogens with zero attached hydrogens (tertiary/aromatic N) is 5. The minimum Gasteiger partial charge on any atom is -0.508 e. The third kappa shape index (κ3) is 6.18. The first-order chi connectivity index (χ1) is 25.7. The Morgan fingerprint density at radius 3 is 2.37 bits per heavy atom. The van der Waals surface area contributed by atoms with Gasteiger partial charge in [-0.05, 0) is 88.4 Å². The predicted molar refractivity (Wildman–Crippen MR) is 212 cm³/mol. The number of carbonyl (C=O) groups is 2. The highest BCUT2D eigenvalue weighted by Gasteiger charge is 2.38. The number of phenols is 1. The molecule has 3 aromatic heterocycles. The summed E-state index contributed by atoms with van der Waals surface area (Å²) in [7, 11) is 3.48. The number of hydrogen-bond donors (Lipinski definition) is 2. The Balaban J connectivity index is 1.40. The molecule has 0 radical (unpaired) electrons. The van der Waals surface area contributed by atoms with Crippen LogP contribution in [0, 0.1) is 27.7 Å². The van der Waals surface area contributed by atoms with Crippen LogP contribution in [0.3, 0.4) is 0 Å². The first-order valence-corrected chi connectivity index (χ1v) is 18.6. The number of fused-ring (bicyclic) bond motifs is 4. The molecular formula is C41H43Cl2N5O6. The molecule has 0 saturated heterocycles. The third-order valence-corrected chi connectivity index (χ3v) is 11.5. The second-order valence-corrected chi connectivity index (χ2v) is 15.0. The van der Waals surface area contributed by atoms with Gasteiger partial charge in [-0.25, -0.2) is 4.79 Å². The quantitative estimate of drug-likeness (QED) is 0.126. The van der Waals surface area contributed by atoms with Crippen LogP contribution in [0.4, 0.5) is 5.69 Å². The molecule has 13 heteroatoms. The lowest BCUT2D eigenvalue weighted by Gasteiger charge is -2.35. The number of amides is 1. The second-order valence-electron chi connectivity index (χ2n) is 14.2. The van der Waals surface area contributed by atoms with Gasteiger partial charge in [0.1, 0.15) is 17.2 Å². The van der Waals surface area contributed by atoms with Gasteiger partial charge in [-0.15, -0.1) is 0 Å². The van der Waals surface area contributed by atoms with E-state index in [1.807, 2.05) is 63.7 Å². The number of anilines is 1. The van der Waals surface area contributed by atoms with Crippen molar-refractivity contribution in [3.63, 3.8) is 0 Å². The van der Waals surface area contributed by atoms with Gasteiger partial charge in [0.2, 0.25) is 0 Å². The maximum Gasteiger partial charge on any atom is 0.337 e. The van der Waals surface area contributed by atoms with E-state index in [0.29, 0.717) is 64.9 Å². The third-order valence-electron chi connectivity index (χ3n) is 10.6. The summed E-state index contributed by atoms with van der Waals surface area (Å²) in [5.41, 5.74) is 8.59. The Morgan fingerprint density at radius 2 is 1.72 bits per heavy atom. The van der Waals surface area contributed by atoms with Crippen molar-refractivity contribution in [1.82, 2.24) is 18.9 Å². The fraction of sp³-hybridized carbons (Fsp3) is 0.341. The van der Waals surface area contributed by atoms with Crippen LogP contribution < -0.4 is 9.64 Å². The SMILES string of the molecule is COCCn1cc(C(=O)O)c2cc(O)cc(N3C[C@@H](C)n4c(c(CCCOc5cc(C)c(Cl)c(C)c5)c5ccc(Cl)c(-c6c(C)nn(C)c6C)c54)C3=O)c21. The largest absolute Gasteiger partial charge is 0.508 e. The summed E-state index contributed by atoms with van der Waals surface area (Å²) in [5.74, 6) is -0.812. The molecule has 1 amide bonds. The molecule has 282 valence electrons. The van der Waals surface area contributed by atoms with E-state index in [4.69, 9.17) is 37.8 Å². The van der Waals surface area contributed by atoms with Crippen LogP contribution in [-0.4, -0.2) is 67.9 Å². The molecule has 2 N–H and O–H groups in total. The summed E-state index contributed by atoms with van der Waals surface area (Å²) in [5, 5.41) is 28.3. The predicted octanol–water partition coefficient (Wildman–Crippen LogP) is 8.82. The van der Waals surface area contributed by atoms with Crippen molar-refractivity contribution < 1.29 is 29.3 Å². The fourth-order valence-corrected chi connectivity index (χ4v) is 8.44. The maximum absolute atomic E-state index is 15.2. The smallest absolute Gasteiger partial charge is 0.337 e. The number of aryl methyl sites for hydroxylation is 5.